The molecule has 0 radical (unpaired) electrons. The number of hydrogen-bond donors (Lipinski definition) is 0. The summed E-state index contributed by atoms with van der Waals surface area (Å²) < 4.78 is 74.4. The van der Waals surface area contributed by atoms with Gasteiger partial charge < -0.3 is 56.8 Å². The molecule has 60 heavy (non-hydrogen) atoms. The van der Waals surface area contributed by atoms with Crippen molar-refractivity contribution in [1.29, 1.82) is 0 Å². The Hall–Kier alpha value is -5.19. The summed E-state index contributed by atoms with van der Waals surface area (Å²) in [5.74, 6) is 8.81. The summed E-state index contributed by atoms with van der Waals surface area (Å²) in [6.07, 6.45) is 0. The molecule has 6 aliphatic heterocycles. The van der Waals surface area contributed by atoms with Gasteiger partial charge in [0.1, 0.15) is 93.9 Å². The van der Waals surface area contributed by atoms with Crippen LogP contribution in [0.1, 0.15) is 0 Å². The van der Waals surface area contributed by atoms with Crippen LogP contribution in [0.5, 0.6) is 69.0 Å². The van der Waals surface area contributed by atoms with Crippen molar-refractivity contribution in [3.8, 4) is 130 Å². The average molecular weight is 922 g/mol. The van der Waals surface area contributed by atoms with Crippen molar-refractivity contribution in [2.24, 2.45) is 0 Å². The molecule has 0 fully saturated rings. The number of thiophene rings is 6. The molecule has 0 spiro atoms. The topological polar surface area (TPSA) is 149 Å². The van der Waals surface area contributed by atoms with Gasteiger partial charge in [-0.25, -0.2) is 15.0 Å². The number of rotatable bonds is 6. The molecule has 0 aromatic carbocycles. The molecule has 21 heteroatoms. The highest BCUT2D eigenvalue weighted by molar-refractivity contribution is 7.25. The molecular formula is C39H27N3O12S6. The maximum atomic E-state index is 6.40. The quantitative estimate of drug-likeness (QED) is 0.156. The lowest BCUT2D eigenvalue weighted by Gasteiger charge is -2.19. The summed E-state index contributed by atoms with van der Waals surface area (Å²) in [5.41, 5.74) is 0. The Bertz CT molecular complexity index is 2540. The van der Waals surface area contributed by atoms with Gasteiger partial charge in [0.15, 0.2) is 86.5 Å². The highest BCUT2D eigenvalue weighted by Gasteiger charge is 2.37. The zero-order valence-electron chi connectivity index (χ0n) is 30.9. The van der Waals surface area contributed by atoms with Crippen molar-refractivity contribution in [2.75, 3.05) is 79.3 Å². The van der Waals surface area contributed by atoms with E-state index >= 15 is 0 Å². The zero-order chi connectivity index (χ0) is 39.3. The average Bonchev–Trinajstić information content (AvgIpc) is 4.17. The number of nitrogens with zero attached hydrogens (tertiary/aromatic N) is 3. The fourth-order valence-electron chi connectivity index (χ4n) is 7.48. The van der Waals surface area contributed by atoms with Crippen LogP contribution in [0.25, 0.3) is 61.4 Å². The molecule has 13 rings (SSSR count). The second-order valence-electron chi connectivity index (χ2n) is 13.5. The molecule has 15 nitrogen and oxygen atoms in total. The van der Waals surface area contributed by atoms with E-state index in [0.717, 1.165) is 29.3 Å². The Morgan fingerprint density at radius 3 is 0.783 bits per heavy atom. The van der Waals surface area contributed by atoms with E-state index in [1.54, 1.807) is 0 Å². The van der Waals surface area contributed by atoms with Gasteiger partial charge in [-0.15, -0.1) is 68.0 Å². The van der Waals surface area contributed by atoms with Crippen LogP contribution >= 0.6 is 68.0 Å². The summed E-state index contributed by atoms with van der Waals surface area (Å²) in [4.78, 5) is 22.9. The lowest BCUT2D eigenvalue weighted by atomic mass is 10.2. The SMILES string of the molecule is c1sc(-c2sc(-c3nc(-c4sc(-c5scc6c5OCCO6)c5c4OCCO5)nc(-c4sc(-c5scc6c5OCCO6)c5c4OCCO5)n3)c3c2OCCO3)c2c1OCCO2. The standard InChI is InChI=1S/C39H27N3O12S6/c1-4-46-19-16(43-1)13-55-28(19)31-22-25(52-10-7-49-22)34(58-31)37-40-38(35-26-23(50-8-11-53-26)32(59-35)29-20-17(14-56-29)44-2-5-47-20)42-39(41-37)36-27-24(51-9-12-54-27)33(60-36)30-21-18(15-57-30)45-3-6-48-21/h13-15H,1-12H2. The van der Waals surface area contributed by atoms with E-state index in [2.05, 4.69) is 0 Å². The lowest BCUT2D eigenvalue weighted by molar-refractivity contribution is 0.172. The maximum absolute atomic E-state index is 6.40. The van der Waals surface area contributed by atoms with Gasteiger partial charge in [0, 0.05) is 16.1 Å². The first-order chi connectivity index (χ1) is 29.7. The Morgan fingerprint density at radius 1 is 0.267 bits per heavy atom. The third-order valence-corrected chi connectivity index (χ3v) is 16.7. The molecule has 0 aliphatic carbocycles. The molecule has 0 N–H and O–H groups in total. The molecule has 7 aromatic rings. The van der Waals surface area contributed by atoms with Gasteiger partial charge in [0.2, 0.25) is 0 Å². The zero-order valence-corrected chi connectivity index (χ0v) is 35.8. The molecule has 0 bridgehead atoms. The van der Waals surface area contributed by atoms with Crippen LogP contribution in [0.2, 0.25) is 0 Å². The smallest absolute Gasteiger partial charge is 0.183 e. The molecule has 306 valence electrons. The summed E-state index contributed by atoms with van der Waals surface area (Å²) in [5, 5.41) is 5.88. The number of ether oxygens (including phenoxy) is 12. The monoisotopic (exact) mass is 921 g/mol. The van der Waals surface area contributed by atoms with Gasteiger partial charge in [-0.05, 0) is 0 Å². The third kappa shape index (κ3) is 5.55. The molecule has 0 atom stereocenters. The van der Waals surface area contributed by atoms with Crippen molar-refractivity contribution in [1.82, 2.24) is 15.0 Å². The summed E-state index contributed by atoms with van der Waals surface area (Å²) in [7, 11) is 0. The largest absolute Gasteiger partial charge is 0.485 e. The highest BCUT2D eigenvalue weighted by atomic mass is 32.1. The number of fused-ring (bicyclic) bond motifs is 6. The van der Waals surface area contributed by atoms with E-state index in [9.17, 15) is 0 Å². The molecule has 0 saturated carbocycles. The van der Waals surface area contributed by atoms with Gasteiger partial charge in [-0.1, -0.05) is 0 Å². The van der Waals surface area contributed by atoms with Crippen LogP contribution in [0.15, 0.2) is 16.1 Å². The van der Waals surface area contributed by atoms with Gasteiger partial charge in [0.05, 0.1) is 29.3 Å². The Morgan fingerprint density at radius 2 is 0.500 bits per heavy atom. The first-order valence-electron chi connectivity index (χ1n) is 18.9. The Balaban J connectivity index is 1.03. The van der Waals surface area contributed by atoms with E-state index in [1.165, 1.54) is 68.0 Å². The van der Waals surface area contributed by atoms with Crippen molar-refractivity contribution in [3.05, 3.63) is 16.1 Å². The lowest BCUT2D eigenvalue weighted by Crippen LogP contribution is -2.16. The van der Waals surface area contributed by atoms with Crippen molar-refractivity contribution < 1.29 is 56.8 Å². The predicted octanol–water partition coefficient (Wildman–Crippen LogP) is 8.87. The molecule has 7 aromatic heterocycles. The minimum Gasteiger partial charge on any atom is -0.485 e. The van der Waals surface area contributed by atoms with Crippen LogP contribution in [0, 0.1) is 0 Å². The molecule has 0 unspecified atom stereocenters. The second-order valence-corrected chi connectivity index (χ2v) is 19.2. The van der Waals surface area contributed by atoms with E-state index < -0.39 is 0 Å². The minimum atomic E-state index is 0.358. The van der Waals surface area contributed by atoms with E-state index in [0.29, 0.717) is 180 Å². The van der Waals surface area contributed by atoms with Gasteiger partial charge >= 0.3 is 0 Å². The van der Waals surface area contributed by atoms with Crippen LogP contribution < -0.4 is 56.8 Å². The Kier molecular flexibility index (Phi) is 8.41. The van der Waals surface area contributed by atoms with Crippen LogP contribution in [0.4, 0.5) is 0 Å². The summed E-state index contributed by atoms with van der Waals surface area (Å²) in [6.45, 7) is 5.07. The van der Waals surface area contributed by atoms with Crippen molar-refractivity contribution in [2.45, 2.75) is 0 Å². The normalized spacial score (nSPS) is 16.8. The van der Waals surface area contributed by atoms with Gasteiger partial charge in [-0.2, -0.15) is 0 Å². The van der Waals surface area contributed by atoms with Crippen molar-refractivity contribution >= 4 is 68.0 Å². The van der Waals surface area contributed by atoms with E-state index in [-0.39, 0.29) is 0 Å². The molecule has 6 aliphatic rings. The van der Waals surface area contributed by atoms with Gasteiger partial charge in [-0.3, -0.25) is 0 Å². The summed E-state index contributed by atoms with van der Waals surface area (Å²) in [6, 6.07) is 0. The van der Waals surface area contributed by atoms with E-state index in [4.69, 9.17) is 71.8 Å². The first kappa shape index (κ1) is 35.6. The fourth-order valence-corrected chi connectivity index (χ4v) is 14.1. The van der Waals surface area contributed by atoms with E-state index in [1.807, 2.05) is 16.1 Å². The number of aromatic nitrogens is 3. The summed E-state index contributed by atoms with van der Waals surface area (Å²) >= 11 is 9.01. The maximum Gasteiger partial charge on any atom is 0.183 e. The molecule has 0 saturated heterocycles. The third-order valence-electron chi connectivity index (χ3n) is 9.96. The molecule has 13 heterocycles. The molecule has 0 amide bonds. The number of hydrogen-bond acceptors (Lipinski definition) is 21. The van der Waals surface area contributed by atoms with Crippen LogP contribution in [0.3, 0.4) is 0 Å². The van der Waals surface area contributed by atoms with Crippen molar-refractivity contribution in [3.63, 3.8) is 0 Å². The molecular weight excluding hydrogens is 895 g/mol. The minimum absolute atomic E-state index is 0.358. The fraction of sp³-hybridized carbons (Fsp3) is 0.308. The Labute approximate surface area is 363 Å². The van der Waals surface area contributed by atoms with Crippen LogP contribution in [-0.2, 0) is 0 Å². The predicted molar refractivity (Wildman–Crippen MR) is 226 cm³/mol. The van der Waals surface area contributed by atoms with Gasteiger partial charge in [0.25, 0.3) is 0 Å². The first-order valence-corrected chi connectivity index (χ1v) is 24.0. The van der Waals surface area contributed by atoms with Crippen LogP contribution in [-0.4, -0.2) is 94.2 Å². The highest BCUT2D eigenvalue weighted by Crippen LogP contribution is 2.62. The second kappa shape index (κ2) is 14.2.